The third-order valence-corrected chi connectivity index (χ3v) is 2.93. The van der Waals surface area contributed by atoms with Crippen molar-refractivity contribution in [3.63, 3.8) is 0 Å². The summed E-state index contributed by atoms with van der Waals surface area (Å²) >= 11 is 0. The Morgan fingerprint density at radius 3 is 2.17 bits per heavy atom. The largest absolute Gasteiger partial charge is 0.463 e. The highest BCUT2D eigenvalue weighted by Gasteiger charge is 2.48. The fourth-order valence-corrected chi connectivity index (χ4v) is 2.10. The normalized spacial score (nSPS) is 29.8. The van der Waals surface area contributed by atoms with Crippen molar-refractivity contribution in [3.05, 3.63) is 10.4 Å². The Balaban J connectivity index is 3.09. The predicted octanol–water partition coefficient (Wildman–Crippen LogP) is -0.225. The molecule has 23 heavy (non-hydrogen) atoms. The molecule has 0 aliphatic carbocycles. The third kappa shape index (κ3) is 5.40. The van der Waals surface area contributed by atoms with E-state index in [4.69, 9.17) is 30.2 Å². The quantitative estimate of drug-likeness (QED) is 0.237. The molecule has 0 unspecified atom stereocenters. The van der Waals surface area contributed by atoms with Gasteiger partial charge in [-0.3, -0.25) is 14.4 Å². The van der Waals surface area contributed by atoms with Crippen molar-refractivity contribution < 1.29 is 33.3 Å². The first kappa shape index (κ1) is 18.7. The highest BCUT2D eigenvalue weighted by molar-refractivity contribution is 5.67. The van der Waals surface area contributed by atoms with Gasteiger partial charge < -0.3 is 24.7 Å². The minimum Gasteiger partial charge on any atom is -0.463 e. The van der Waals surface area contributed by atoms with Crippen molar-refractivity contribution in [3.8, 4) is 0 Å². The van der Waals surface area contributed by atoms with Gasteiger partial charge in [0, 0.05) is 25.7 Å². The van der Waals surface area contributed by atoms with E-state index in [0.717, 1.165) is 13.8 Å². The van der Waals surface area contributed by atoms with Crippen molar-refractivity contribution in [1.82, 2.24) is 0 Å². The SMILES string of the molecule is CC(=O)OC[C@H]1O[C@H](N=[N+]=[N-])[C@H](N)[C@@H](OC(C)=O)[C@@H]1OC(C)=O. The summed E-state index contributed by atoms with van der Waals surface area (Å²) in [5, 5.41) is 3.37. The molecule has 1 heterocycles. The van der Waals surface area contributed by atoms with Crippen LogP contribution in [0.15, 0.2) is 5.11 Å². The molecule has 0 spiro atoms. The third-order valence-electron chi connectivity index (χ3n) is 2.93. The standard InChI is InChI=1S/C12H18N4O7/c1-5(17)20-4-8-10(21-6(2)18)11(22-7(3)19)9(13)12(23-8)15-16-14/h8-12H,4,13H2,1-3H3/t8-,9-,10-,11-,12+/m1/s1. The van der Waals surface area contributed by atoms with Crippen LogP contribution in [0.3, 0.4) is 0 Å². The Morgan fingerprint density at radius 2 is 1.70 bits per heavy atom. The number of carbonyl (C=O) groups excluding carboxylic acids is 3. The van der Waals surface area contributed by atoms with Gasteiger partial charge in [0.2, 0.25) is 0 Å². The fraction of sp³-hybridized carbons (Fsp3) is 0.750. The van der Waals surface area contributed by atoms with E-state index >= 15 is 0 Å². The van der Waals surface area contributed by atoms with E-state index in [2.05, 4.69) is 10.0 Å². The van der Waals surface area contributed by atoms with Crippen LogP contribution in [-0.4, -0.2) is 55.1 Å². The van der Waals surface area contributed by atoms with E-state index in [9.17, 15) is 14.4 Å². The van der Waals surface area contributed by atoms with Crippen LogP contribution in [0.25, 0.3) is 10.4 Å². The first-order valence-electron chi connectivity index (χ1n) is 6.69. The lowest BCUT2D eigenvalue weighted by atomic mass is 9.96. The average Bonchev–Trinajstić information content (AvgIpc) is 2.43. The summed E-state index contributed by atoms with van der Waals surface area (Å²) in [6.07, 6.45) is -4.43. The lowest BCUT2D eigenvalue weighted by Crippen LogP contribution is -2.63. The van der Waals surface area contributed by atoms with Crippen LogP contribution in [0.4, 0.5) is 0 Å². The van der Waals surface area contributed by atoms with Crippen molar-refractivity contribution >= 4 is 17.9 Å². The smallest absolute Gasteiger partial charge is 0.303 e. The van der Waals surface area contributed by atoms with Crippen LogP contribution in [-0.2, 0) is 33.3 Å². The van der Waals surface area contributed by atoms with Crippen molar-refractivity contribution in [1.29, 1.82) is 0 Å². The first-order chi connectivity index (χ1) is 10.8. The summed E-state index contributed by atoms with van der Waals surface area (Å²) in [6.45, 7) is 3.19. The minimum absolute atomic E-state index is 0.296. The van der Waals surface area contributed by atoms with Gasteiger partial charge in [-0.15, -0.1) is 0 Å². The molecule has 1 aliphatic heterocycles. The average molecular weight is 330 g/mol. The topological polar surface area (TPSA) is 163 Å². The van der Waals surface area contributed by atoms with Crippen molar-refractivity contribution in [2.45, 2.75) is 51.4 Å². The highest BCUT2D eigenvalue weighted by atomic mass is 16.6. The summed E-state index contributed by atoms with van der Waals surface area (Å²) < 4.78 is 20.4. The summed E-state index contributed by atoms with van der Waals surface area (Å²) in [4.78, 5) is 36.1. The summed E-state index contributed by atoms with van der Waals surface area (Å²) in [7, 11) is 0. The molecule has 11 heteroatoms. The molecule has 1 aliphatic rings. The Bertz CT molecular complexity index is 520. The van der Waals surface area contributed by atoms with Crippen molar-refractivity contribution in [2.24, 2.45) is 10.8 Å². The van der Waals surface area contributed by atoms with Crippen molar-refractivity contribution in [2.75, 3.05) is 6.61 Å². The zero-order chi connectivity index (χ0) is 17.6. The Labute approximate surface area is 131 Å². The predicted molar refractivity (Wildman–Crippen MR) is 73.5 cm³/mol. The van der Waals surface area contributed by atoms with Crippen LogP contribution in [0.5, 0.6) is 0 Å². The lowest BCUT2D eigenvalue weighted by Gasteiger charge is -2.42. The van der Waals surface area contributed by atoms with E-state index in [-0.39, 0.29) is 6.61 Å². The zero-order valence-electron chi connectivity index (χ0n) is 12.9. The molecule has 0 radical (unpaired) electrons. The van der Waals surface area contributed by atoms with Crippen LogP contribution in [0, 0.1) is 0 Å². The molecule has 1 saturated heterocycles. The number of nitrogens with two attached hydrogens (primary N) is 1. The number of carbonyl (C=O) groups is 3. The molecule has 1 fully saturated rings. The van der Waals surface area contributed by atoms with Gasteiger partial charge in [0.25, 0.3) is 0 Å². The van der Waals surface area contributed by atoms with Gasteiger partial charge in [0.15, 0.2) is 18.4 Å². The molecule has 1 rings (SSSR count). The summed E-state index contributed by atoms with van der Waals surface area (Å²) in [5.41, 5.74) is 14.4. The van der Waals surface area contributed by atoms with E-state index < -0.39 is 48.5 Å². The molecule has 0 aromatic heterocycles. The molecule has 0 aromatic carbocycles. The van der Waals surface area contributed by atoms with E-state index in [1.165, 1.54) is 6.92 Å². The molecule has 5 atom stereocenters. The molecule has 0 amide bonds. The maximum absolute atomic E-state index is 11.3. The first-order valence-corrected chi connectivity index (χ1v) is 6.69. The molecule has 0 saturated carbocycles. The molecule has 0 aromatic rings. The van der Waals surface area contributed by atoms with Gasteiger partial charge in [-0.1, -0.05) is 5.11 Å². The Morgan fingerprint density at radius 1 is 1.13 bits per heavy atom. The number of ether oxygens (including phenoxy) is 4. The summed E-state index contributed by atoms with van der Waals surface area (Å²) in [5.74, 6) is -1.93. The molecular weight excluding hydrogens is 312 g/mol. The fourth-order valence-electron chi connectivity index (χ4n) is 2.10. The zero-order valence-corrected chi connectivity index (χ0v) is 12.9. The van der Waals surface area contributed by atoms with Gasteiger partial charge in [0.05, 0.1) is 6.04 Å². The molecule has 0 bridgehead atoms. The summed E-state index contributed by atoms with van der Waals surface area (Å²) in [6, 6.07) is -1.06. The monoisotopic (exact) mass is 330 g/mol. The van der Waals surface area contributed by atoms with Crippen LogP contribution in [0.2, 0.25) is 0 Å². The van der Waals surface area contributed by atoms with Crippen LogP contribution >= 0.6 is 0 Å². The number of esters is 3. The highest BCUT2D eigenvalue weighted by Crippen LogP contribution is 2.26. The second-order valence-corrected chi connectivity index (χ2v) is 4.80. The van der Waals surface area contributed by atoms with E-state index in [1.807, 2.05) is 0 Å². The molecule has 11 nitrogen and oxygen atoms in total. The van der Waals surface area contributed by atoms with Crippen LogP contribution in [0.1, 0.15) is 20.8 Å². The number of rotatable bonds is 5. The Hall–Kier alpha value is -2.36. The van der Waals surface area contributed by atoms with Gasteiger partial charge >= 0.3 is 17.9 Å². The Kier molecular flexibility index (Phi) is 6.76. The number of hydrogen-bond donors (Lipinski definition) is 1. The maximum Gasteiger partial charge on any atom is 0.303 e. The van der Waals surface area contributed by atoms with Gasteiger partial charge in [-0.2, -0.15) is 0 Å². The maximum atomic E-state index is 11.3. The van der Waals surface area contributed by atoms with Gasteiger partial charge in [-0.25, -0.2) is 0 Å². The van der Waals surface area contributed by atoms with E-state index in [0.29, 0.717) is 0 Å². The number of hydrogen-bond acceptors (Lipinski definition) is 9. The van der Waals surface area contributed by atoms with Crippen LogP contribution < -0.4 is 5.73 Å². The van der Waals surface area contributed by atoms with Gasteiger partial charge in [-0.05, 0) is 5.53 Å². The number of nitrogens with zero attached hydrogens (tertiary/aromatic N) is 3. The second-order valence-electron chi connectivity index (χ2n) is 4.80. The second kappa shape index (κ2) is 8.32. The molecular formula is C12H18N4O7. The number of azide groups is 1. The minimum atomic E-state index is -1.18. The molecule has 2 N–H and O–H groups in total. The molecule has 128 valence electrons. The van der Waals surface area contributed by atoms with Gasteiger partial charge in [0.1, 0.15) is 12.7 Å². The lowest BCUT2D eigenvalue weighted by molar-refractivity contribution is -0.219. The van der Waals surface area contributed by atoms with E-state index in [1.54, 1.807) is 0 Å².